The molecular weight excluding hydrogens is 560 g/mol. The van der Waals surface area contributed by atoms with Crippen LogP contribution in [0.3, 0.4) is 0 Å². The van der Waals surface area contributed by atoms with E-state index >= 15 is 0 Å². The van der Waals surface area contributed by atoms with Gasteiger partial charge in [0, 0.05) is 0 Å². The zero-order valence-electron chi connectivity index (χ0n) is 20.5. The van der Waals surface area contributed by atoms with Crippen molar-refractivity contribution in [3.05, 3.63) is 107 Å². The zero-order valence-corrected chi connectivity index (χ0v) is 21.4. The van der Waals surface area contributed by atoms with Crippen molar-refractivity contribution < 1.29 is 57.5 Å². The number of carbonyl (C=O) groups is 4. The van der Waals surface area contributed by atoms with Crippen LogP contribution in [0.15, 0.2) is 94.7 Å². The van der Waals surface area contributed by atoms with Gasteiger partial charge in [0.2, 0.25) is 9.84 Å². The molecule has 0 amide bonds. The van der Waals surface area contributed by atoms with Crippen LogP contribution >= 0.6 is 0 Å². The largest absolute Gasteiger partial charge is 0.478 e. The normalized spacial score (nSPS) is 10.9. The topological polar surface area (TPSA) is 202 Å². The number of carboxylic acid groups (broad SMARTS) is 4. The molecule has 4 aromatic rings. The first-order chi connectivity index (χ1) is 19.4. The molecule has 12 nitrogen and oxygen atoms in total. The third-order valence-electron chi connectivity index (χ3n) is 5.64. The fourth-order valence-electron chi connectivity index (χ4n) is 3.68. The summed E-state index contributed by atoms with van der Waals surface area (Å²) >= 11 is 0. The van der Waals surface area contributed by atoms with Gasteiger partial charge in [-0.2, -0.15) is 0 Å². The Bertz CT molecular complexity index is 1660. The van der Waals surface area contributed by atoms with Gasteiger partial charge in [0.05, 0.1) is 32.0 Å². The van der Waals surface area contributed by atoms with Crippen LogP contribution < -0.4 is 9.47 Å². The number of hydrogen-bond donors (Lipinski definition) is 4. The molecule has 4 rings (SSSR count). The first-order valence-corrected chi connectivity index (χ1v) is 12.9. The summed E-state index contributed by atoms with van der Waals surface area (Å²) in [4.78, 5) is 45.0. The number of sulfone groups is 1. The lowest BCUT2D eigenvalue weighted by Gasteiger charge is -2.11. The highest BCUT2D eigenvalue weighted by Gasteiger charge is 2.20. The molecule has 13 heteroatoms. The molecule has 0 saturated carbocycles. The first kappa shape index (κ1) is 28.3. The Balaban J connectivity index is 1.50. The number of rotatable bonds is 10. The minimum atomic E-state index is -3.98. The van der Waals surface area contributed by atoms with E-state index in [0.717, 1.165) is 24.3 Å². The predicted molar refractivity (Wildman–Crippen MR) is 139 cm³/mol. The smallest absolute Gasteiger partial charge is 0.336 e. The molecule has 0 aromatic heterocycles. The second-order valence-corrected chi connectivity index (χ2v) is 10.2. The summed E-state index contributed by atoms with van der Waals surface area (Å²) in [6.45, 7) is 0. The Hall–Kier alpha value is -5.69. The van der Waals surface area contributed by atoms with E-state index in [1.807, 2.05) is 0 Å². The molecule has 0 saturated heterocycles. The van der Waals surface area contributed by atoms with Gasteiger partial charge in [-0.1, -0.05) is 0 Å². The van der Waals surface area contributed by atoms with Crippen LogP contribution in [0.2, 0.25) is 0 Å². The van der Waals surface area contributed by atoms with Gasteiger partial charge in [0.1, 0.15) is 23.0 Å². The Morgan fingerprint density at radius 3 is 1.02 bits per heavy atom. The molecule has 0 heterocycles. The van der Waals surface area contributed by atoms with Crippen molar-refractivity contribution in [2.45, 2.75) is 9.79 Å². The molecular formula is C28H18O12S. The lowest BCUT2D eigenvalue weighted by atomic mass is 10.1. The molecule has 4 aromatic carbocycles. The standard InChI is InChI=1S/C28H18O12S/c29-25(30)21-11-5-17(13-23(21)27(33)34)39-15-1-7-19(8-2-15)41(37,38)20-9-3-16(4-10-20)40-18-6-12-22(26(31)32)24(14-18)28(35)36/h1-14H,(H,29,30)(H,31,32)(H,33,34)(H,35,36). The average Bonchev–Trinajstić information content (AvgIpc) is 2.93. The molecule has 0 aliphatic heterocycles. The summed E-state index contributed by atoms with van der Waals surface area (Å²) in [6.07, 6.45) is 0. The molecule has 0 unspecified atom stereocenters. The lowest BCUT2D eigenvalue weighted by Crippen LogP contribution is -2.08. The van der Waals surface area contributed by atoms with Crippen molar-refractivity contribution in [2.75, 3.05) is 0 Å². The number of benzene rings is 4. The van der Waals surface area contributed by atoms with E-state index < -0.39 is 56.0 Å². The molecule has 0 aliphatic carbocycles. The molecule has 0 fully saturated rings. The lowest BCUT2D eigenvalue weighted by molar-refractivity contribution is 0.0651. The average molecular weight is 579 g/mol. The fraction of sp³-hybridized carbons (Fsp3) is 0. The van der Waals surface area contributed by atoms with E-state index in [1.165, 1.54) is 60.7 Å². The minimum Gasteiger partial charge on any atom is -0.478 e. The van der Waals surface area contributed by atoms with Gasteiger partial charge in [-0.3, -0.25) is 0 Å². The highest BCUT2D eigenvalue weighted by molar-refractivity contribution is 7.91. The summed E-state index contributed by atoms with van der Waals surface area (Å²) in [5.41, 5.74) is -1.77. The molecule has 0 radical (unpaired) electrons. The minimum absolute atomic E-state index is 0.0340. The maximum atomic E-state index is 13.1. The SMILES string of the molecule is O=C(O)c1ccc(Oc2ccc(S(=O)(=O)c3ccc(Oc4ccc(C(=O)O)c(C(=O)O)c4)cc3)cc2)cc1C(=O)O. The van der Waals surface area contributed by atoms with E-state index in [1.54, 1.807) is 0 Å². The summed E-state index contributed by atoms with van der Waals surface area (Å²) < 4.78 is 37.3. The van der Waals surface area contributed by atoms with Crippen molar-refractivity contribution in [3.63, 3.8) is 0 Å². The third kappa shape index (κ3) is 6.15. The van der Waals surface area contributed by atoms with Crippen molar-refractivity contribution in [1.82, 2.24) is 0 Å². The number of ether oxygens (including phenoxy) is 2. The van der Waals surface area contributed by atoms with E-state index in [4.69, 9.17) is 19.7 Å². The second kappa shape index (κ2) is 11.2. The van der Waals surface area contributed by atoms with E-state index in [9.17, 15) is 37.8 Å². The zero-order chi connectivity index (χ0) is 29.9. The maximum absolute atomic E-state index is 13.1. The van der Waals surface area contributed by atoms with Crippen molar-refractivity contribution >= 4 is 33.7 Å². The van der Waals surface area contributed by atoms with Crippen LogP contribution in [-0.4, -0.2) is 52.7 Å². The second-order valence-electron chi connectivity index (χ2n) is 8.29. The van der Waals surface area contributed by atoms with Crippen LogP contribution in [0.1, 0.15) is 41.4 Å². The van der Waals surface area contributed by atoms with Gasteiger partial charge >= 0.3 is 23.9 Å². The predicted octanol–water partition coefficient (Wildman–Crippen LogP) is 4.90. The van der Waals surface area contributed by atoms with Crippen molar-refractivity contribution in [2.24, 2.45) is 0 Å². The Morgan fingerprint density at radius 2 is 0.732 bits per heavy atom. The summed E-state index contributed by atoms with van der Waals surface area (Å²) in [7, 11) is -3.98. The van der Waals surface area contributed by atoms with Gasteiger partial charge in [-0.05, 0) is 84.9 Å². The fourth-order valence-corrected chi connectivity index (χ4v) is 4.94. The maximum Gasteiger partial charge on any atom is 0.336 e. The highest BCUT2D eigenvalue weighted by Crippen LogP contribution is 2.30. The molecule has 0 aliphatic rings. The van der Waals surface area contributed by atoms with Crippen LogP contribution in [0.5, 0.6) is 23.0 Å². The summed E-state index contributed by atoms with van der Waals surface area (Å²) in [6, 6.07) is 17.3. The molecule has 41 heavy (non-hydrogen) atoms. The monoisotopic (exact) mass is 578 g/mol. The molecule has 0 atom stereocenters. The summed E-state index contributed by atoms with van der Waals surface area (Å²) in [5.74, 6) is -5.32. The number of aromatic carboxylic acids is 4. The molecule has 0 spiro atoms. The molecule has 208 valence electrons. The van der Waals surface area contributed by atoms with E-state index in [0.29, 0.717) is 0 Å². The third-order valence-corrected chi connectivity index (χ3v) is 7.43. The van der Waals surface area contributed by atoms with Crippen molar-refractivity contribution in [3.8, 4) is 23.0 Å². The van der Waals surface area contributed by atoms with Gasteiger partial charge in [0.15, 0.2) is 0 Å². The van der Waals surface area contributed by atoms with Crippen LogP contribution in [0, 0.1) is 0 Å². The van der Waals surface area contributed by atoms with Gasteiger partial charge < -0.3 is 29.9 Å². The number of hydrogen-bond acceptors (Lipinski definition) is 8. The van der Waals surface area contributed by atoms with Crippen molar-refractivity contribution in [1.29, 1.82) is 0 Å². The highest BCUT2D eigenvalue weighted by atomic mass is 32.2. The van der Waals surface area contributed by atoms with Gasteiger partial charge in [-0.25, -0.2) is 27.6 Å². The Kier molecular flexibility index (Phi) is 7.73. The van der Waals surface area contributed by atoms with Crippen LogP contribution in [0.25, 0.3) is 0 Å². The quantitative estimate of drug-likeness (QED) is 0.199. The van der Waals surface area contributed by atoms with E-state index in [2.05, 4.69) is 0 Å². The Labute approximate surface area is 231 Å². The van der Waals surface area contributed by atoms with Gasteiger partial charge in [-0.15, -0.1) is 0 Å². The van der Waals surface area contributed by atoms with E-state index in [-0.39, 0.29) is 32.8 Å². The Morgan fingerprint density at radius 1 is 0.439 bits per heavy atom. The summed E-state index contributed by atoms with van der Waals surface area (Å²) in [5, 5.41) is 36.8. The van der Waals surface area contributed by atoms with Crippen LogP contribution in [0.4, 0.5) is 0 Å². The molecule has 4 N–H and O–H groups in total. The first-order valence-electron chi connectivity index (χ1n) is 11.4. The van der Waals surface area contributed by atoms with Gasteiger partial charge in [0.25, 0.3) is 0 Å². The number of carboxylic acids is 4. The molecule has 0 bridgehead atoms. The van der Waals surface area contributed by atoms with Crippen LogP contribution in [-0.2, 0) is 9.84 Å².